The van der Waals surface area contributed by atoms with Crippen molar-refractivity contribution in [1.29, 1.82) is 0 Å². The second-order valence-electron chi connectivity index (χ2n) is 5.72. The molecule has 6 nitrogen and oxygen atoms in total. The van der Waals surface area contributed by atoms with Crippen molar-refractivity contribution in [2.24, 2.45) is 0 Å². The summed E-state index contributed by atoms with van der Waals surface area (Å²) < 4.78 is 32.8. The molecule has 1 saturated heterocycles. The number of aromatic nitrogens is 2. The third kappa shape index (κ3) is 3.35. The fourth-order valence-electron chi connectivity index (χ4n) is 2.76. The lowest BCUT2D eigenvalue weighted by Crippen LogP contribution is -2.31. The standard InChI is InChI=1S/C16H19N3O3S/c1-12-5-6-15(13(2)10-12)23(20,21)19-9-7-14(11-19)22-16-4-3-8-17-18-16/h3-6,8,10,14H,7,9,11H2,1-2H3. The Morgan fingerprint density at radius 1 is 1.26 bits per heavy atom. The Morgan fingerprint density at radius 2 is 2.09 bits per heavy atom. The molecule has 7 heteroatoms. The van der Waals surface area contributed by atoms with Gasteiger partial charge in [-0.05, 0) is 38.0 Å². The number of aryl methyl sites for hydroxylation is 2. The van der Waals surface area contributed by atoms with Crippen LogP contribution in [-0.2, 0) is 10.0 Å². The molecule has 1 fully saturated rings. The molecule has 1 atom stereocenters. The van der Waals surface area contributed by atoms with Crippen LogP contribution in [0.4, 0.5) is 0 Å². The van der Waals surface area contributed by atoms with Crippen molar-refractivity contribution in [2.45, 2.75) is 31.3 Å². The van der Waals surface area contributed by atoms with E-state index in [0.29, 0.717) is 30.3 Å². The number of rotatable bonds is 4. The van der Waals surface area contributed by atoms with Gasteiger partial charge in [0.05, 0.1) is 11.4 Å². The summed E-state index contributed by atoms with van der Waals surface area (Å²) in [5.41, 5.74) is 1.81. The number of hydrogen-bond acceptors (Lipinski definition) is 5. The highest BCUT2D eigenvalue weighted by molar-refractivity contribution is 7.89. The van der Waals surface area contributed by atoms with Crippen molar-refractivity contribution in [3.05, 3.63) is 47.7 Å². The van der Waals surface area contributed by atoms with Crippen LogP contribution >= 0.6 is 0 Å². The van der Waals surface area contributed by atoms with Gasteiger partial charge in [0.2, 0.25) is 15.9 Å². The second-order valence-corrected chi connectivity index (χ2v) is 7.63. The Bertz CT molecular complexity index is 793. The van der Waals surface area contributed by atoms with E-state index in [1.165, 1.54) is 4.31 Å². The topological polar surface area (TPSA) is 72.4 Å². The fourth-order valence-corrected chi connectivity index (χ4v) is 4.45. The quantitative estimate of drug-likeness (QED) is 0.855. The van der Waals surface area contributed by atoms with E-state index in [1.54, 1.807) is 24.4 Å². The molecule has 1 unspecified atom stereocenters. The molecule has 1 aromatic carbocycles. The van der Waals surface area contributed by atoms with Crippen molar-refractivity contribution in [2.75, 3.05) is 13.1 Å². The molecule has 0 aliphatic carbocycles. The molecule has 0 N–H and O–H groups in total. The predicted molar refractivity (Wildman–Crippen MR) is 85.7 cm³/mol. The summed E-state index contributed by atoms with van der Waals surface area (Å²) in [4.78, 5) is 0.364. The predicted octanol–water partition coefficient (Wildman–Crippen LogP) is 1.94. The first-order chi connectivity index (χ1) is 11.0. The monoisotopic (exact) mass is 333 g/mol. The van der Waals surface area contributed by atoms with E-state index in [-0.39, 0.29) is 6.10 Å². The third-order valence-corrected chi connectivity index (χ3v) is 5.92. The number of sulfonamides is 1. The highest BCUT2D eigenvalue weighted by Crippen LogP contribution is 2.25. The summed E-state index contributed by atoms with van der Waals surface area (Å²) in [5.74, 6) is 0.420. The summed E-state index contributed by atoms with van der Waals surface area (Å²) in [6, 6.07) is 8.84. The van der Waals surface area contributed by atoms with Gasteiger partial charge in [-0.25, -0.2) is 8.42 Å². The summed E-state index contributed by atoms with van der Waals surface area (Å²) >= 11 is 0. The SMILES string of the molecule is Cc1ccc(S(=O)(=O)N2CCC(Oc3cccnn3)C2)c(C)c1. The lowest BCUT2D eigenvalue weighted by Gasteiger charge is -2.18. The Labute approximate surface area is 136 Å². The minimum absolute atomic E-state index is 0.202. The largest absolute Gasteiger partial charge is 0.472 e. The first-order valence-corrected chi connectivity index (χ1v) is 8.92. The van der Waals surface area contributed by atoms with Gasteiger partial charge in [0.1, 0.15) is 6.10 Å². The van der Waals surface area contributed by atoms with E-state index in [9.17, 15) is 8.42 Å². The van der Waals surface area contributed by atoms with Crippen LogP contribution in [0, 0.1) is 13.8 Å². The van der Waals surface area contributed by atoms with Gasteiger partial charge in [0.15, 0.2) is 0 Å². The molecule has 0 bridgehead atoms. The van der Waals surface area contributed by atoms with E-state index >= 15 is 0 Å². The minimum atomic E-state index is -3.49. The van der Waals surface area contributed by atoms with Crippen LogP contribution in [0.25, 0.3) is 0 Å². The molecule has 122 valence electrons. The molecule has 2 heterocycles. The average molecular weight is 333 g/mol. The molecule has 1 aliphatic rings. The Morgan fingerprint density at radius 3 is 2.78 bits per heavy atom. The van der Waals surface area contributed by atoms with Crippen LogP contribution < -0.4 is 4.74 Å². The maximum atomic E-state index is 12.8. The molecule has 1 aliphatic heterocycles. The lowest BCUT2D eigenvalue weighted by atomic mass is 10.2. The molecule has 2 aromatic rings. The summed E-state index contributed by atoms with van der Waals surface area (Å²) in [6.07, 6.45) is 2.01. The molecule has 0 saturated carbocycles. The van der Waals surface area contributed by atoms with Gasteiger partial charge in [-0.15, -0.1) is 5.10 Å². The zero-order valence-electron chi connectivity index (χ0n) is 13.1. The molecular weight excluding hydrogens is 314 g/mol. The molecule has 0 radical (unpaired) electrons. The normalized spacial score (nSPS) is 19.0. The molecule has 23 heavy (non-hydrogen) atoms. The van der Waals surface area contributed by atoms with Gasteiger partial charge in [0, 0.05) is 18.8 Å². The van der Waals surface area contributed by atoms with Crippen molar-refractivity contribution in [3.8, 4) is 5.88 Å². The average Bonchev–Trinajstić information content (AvgIpc) is 2.97. The van der Waals surface area contributed by atoms with Crippen LogP contribution in [-0.4, -0.2) is 42.1 Å². The van der Waals surface area contributed by atoms with E-state index in [1.807, 2.05) is 26.0 Å². The van der Waals surface area contributed by atoms with Crippen LogP contribution in [0.2, 0.25) is 0 Å². The zero-order chi connectivity index (χ0) is 16.4. The van der Waals surface area contributed by atoms with Crippen molar-refractivity contribution in [3.63, 3.8) is 0 Å². The maximum Gasteiger partial charge on any atom is 0.243 e. The van der Waals surface area contributed by atoms with Crippen LogP contribution in [0.3, 0.4) is 0 Å². The fraction of sp³-hybridized carbons (Fsp3) is 0.375. The van der Waals surface area contributed by atoms with Gasteiger partial charge in [-0.1, -0.05) is 17.7 Å². The first-order valence-electron chi connectivity index (χ1n) is 7.48. The van der Waals surface area contributed by atoms with Gasteiger partial charge in [0.25, 0.3) is 0 Å². The number of benzene rings is 1. The van der Waals surface area contributed by atoms with E-state index in [0.717, 1.165) is 11.1 Å². The lowest BCUT2D eigenvalue weighted by molar-refractivity contribution is 0.204. The number of ether oxygens (including phenoxy) is 1. The zero-order valence-corrected chi connectivity index (χ0v) is 14.0. The van der Waals surface area contributed by atoms with E-state index in [4.69, 9.17) is 4.74 Å². The Balaban J connectivity index is 1.75. The second kappa shape index (κ2) is 6.25. The van der Waals surface area contributed by atoms with Crippen LogP contribution in [0.15, 0.2) is 41.4 Å². The minimum Gasteiger partial charge on any atom is -0.472 e. The molecule has 1 aromatic heterocycles. The van der Waals surface area contributed by atoms with Crippen LogP contribution in [0.1, 0.15) is 17.5 Å². The molecule has 0 spiro atoms. The highest BCUT2D eigenvalue weighted by Gasteiger charge is 2.34. The number of hydrogen-bond donors (Lipinski definition) is 0. The summed E-state index contributed by atoms with van der Waals surface area (Å²) in [6.45, 7) is 4.54. The molecule has 3 rings (SSSR count). The Hall–Kier alpha value is -1.99. The highest BCUT2D eigenvalue weighted by atomic mass is 32.2. The van der Waals surface area contributed by atoms with Crippen molar-refractivity contribution >= 4 is 10.0 Å². The smallest absolute Gasteiger partial charge is 0.243 e. The van der Waals surface area contributed by atoms with Crippen molar-refractivity contribution in [1.82, 2.24) is 14.5 Å². The van der Waals surface area contributed by atoms with Gasteiger partial charge < -0.3 is 4.74 Å². The summed E-state index contributed by atoms with van der Waals surface area (Å²) in [7, 11) is -3.49. The number of nitrogens with zero attached hydrogens (tertiary/aromatic N) is 3. The Kier molecular flexibility index (Phi) is 4.32. The van der Waals surface area contributed by atoms with Crippen LogP contribution in [0.5, 0.6) is 5.88 Å². The van der Waals surface area contributed by atoms with Crippen molar-refractivity contribution < 1.29 is 13.2 Å². The van der Waals surface area contributed by atoms with Gasteiger partial charge >= 0.3 is 0 Å². The molecule has 0 amide bonds. The van der Waals surface area contributed by atoms with Gasteiger partial charge in [-0.2, -0.15) is 9.40 Å². The van der Waals surface area contributed by atoms with Gasteiger partial charge in [-0.3, -0.25) is 0 Å². The summed E-state index contributed by atoms with van der Waals surface area (Å²) in [5, 5.41) is 7.63. The first kappa shape index (κ1) is 15.9. The maximum absolute atomic E-state index is 12.8. The van der Waals surface area contributed by atoms with E-state index in [2.05, 4.69) is 10.2 Å². The third-order valence-electron chi connectivity index (χ3n) is 3.89. The van der Waals surface area contributed by atoms with E-state index < -0.39 is 10.0 Å². The molecular formula is C16H19N3O3S.